The standard InChI is InChI=1S/C22H43N5/c1-6-11-16-26(17-12-7-2)21-23-20(15-10-5)24-22(25-21)27(18-13-8-3)19-14-9-4/h6-19H2,1-5H3. The van der Waals surface area contributed by atoms with Crippen LogP contribution in [-0.2, 0) is 6.42 Å². The van der Waals surface area contributed by atoms with Gasteiger partial charge in [0, 0.05) is 32.6 Å². The van der Waals surface area contributed by atoms with Crippen molar-refractivity contribution in [3.63, 3.8) is 0 Å². The molecule has 1 rings (SSSR count). The molecule has 0 aliphatic carbocycles. The second-order valence-corrected chi connectivity index (χ2v) is 7.49. The molecule has 156 valence electrons. The predicted molar refractivity (Wildman–Crippen MR) is 118 cm³/mol. The van der Waals surface area contributed by atoms with Gasteiger partial charge in [-0.2, -0.15) is 15.0 Å². The first kappa shape index (κ1) is 23.6. The second-order valence-electron chi connectivity index (χ2n) is 7.49. The molecule has 0 saturated heterocycles. The fraction of sp³-hybridized carbons (Fsp3) is 0.864. The summed E-state index contributed by atoms with van der Waals surface area (Å²) in [5.41, 5.74) is 0. The van der Waals surface area contributed by atoms with Crippen LogP contribution in [0.3, 0.4) is 0 Å². The van der Waals surface area contributed by atoms with Crippen molar-refractivity contribution in [2.45, 2.75) is 98.8 Å². The lowest BCUT2D eigenvalue weighted by atomic mass is 10.2. The third-order valence-electron chi connectivity index (χ3n) is 4.82. The van der Waals surface area contributed by atoms with Gasteiger partial charge in [-0.25, -0.2) is 0 Å². The topological polar surface area (TPSA) is 45.2 Å². The number of aryl methyl sites for hydroxylation is 1. The van der Waals surface area contributed by atoms with Crippen LogP contribution in [0.1, 0.15) is 98.2 Å². The van der Waals surface area contributed by atoms with E-state index in [-0.39, 0.29) is 0 Å². The molecule has 5 nitrogen and oxygen atoms in total. The maximum atomic E-state index is 4.96. The van der Waals surface area contributed by atoms with E-state index in [1.807, 2.05) is 0 Å². The summed E-state index contributed by atoms with van der Waals surface area (Å²) in [7, 11) is 0. The average molecular weight is 378 g/mol. The van der Waals surface area contributed by atoms with Crippen molar-refractivity contribution >= 4 is 11.9 Å². The Hall–Kier alpha value is -1.39. The molecule has 27 heavy (non-hydrogen) atoms. The number of anilines is 2. The molecular formula is C22H43N5. The Kier molecular flexibility index (Phi) is 12.8. The summed E-state index contributed by atoms with van der Waals surface area (Å²) < 4.78 is 0. The van der Waals surface area contributed by atoms with Crippen molar-refractivity contribution in [1.29, 1.82) is 0 Å². The number of hydrogen-bond acceptors (Lipinski definition) is 5. The van der Waals surface area contributed by atoms with Crippen molar-refractivity contribution in [2.24, 2.45) is 0 Å². The third kappa shape index (κ3) is 8.89. The van der Waals surface area contributed by atoms with Gasteiger partial charge in [0.2, 0.25) is 11.9 Å². The number of hydrogen-bond donors (Lipinski definition) is 0. The first-order chi connectivity index (χ1) is 13.2. The SMILES string of the molecule is CCCCN(CCCC)c1nc(CCC)nc(N(CCCC)CCCC)n1. The first-order valence-corrected chi connectivity index (χ1v) is 11.4. The molecule has 0 N–H and O–H groups in total. The Bertz CT molecular complexity index is 437. The summed E-state index contributed by atoms with van der Waals surface area (Å²) in [5.74, 6) is 2.74. The fourth-order valence-corrected chi connectivity index (χ4v) is 3.03. The monoisotopic (exact) mass is 377 g/mol. The summed E-state index contributed by atoms with van der Waals surface area (Å²) in [6, 6.07) is 0. The summed E-state index contributed by atoms with van der Waals surface area (Å²) in [6.07, 6.45) is 11.5. The number of aromatic nitrogens is 3. The fourth-order valence-electron chi connectivity index (χ4n) is 3.03. The van der Waals surface area contributed by atoms with E-state index in [1.165, 1.54) is 51.4 Å². The minimum absolute atomic E-state index is 0.892. The van der Waals surface area contributed by atoms with E-state index in [9.17, 15) is 0 Å². The van der Waals surface area contributed by atoms with E-state index in [0.717, 1.165) is 56.7 Å². The van der Waals surface area contributed by atoms with Gasteiger partial charge < -0.3 is 9.80 Å². The van der Waals surface area contributed by atoms with Gasteiger partial charge in [-0.05, 0) is 32.1 Å². The molecule has 1 heterocycles. The number of rotatable bonds is 16. The lowest BCUT2D eigenvalue weighted by Gasteiger charge is -2.26. The lowest BCUT2D eigenvalue weighted by molar-refractivity contribution is 0.637. The minimum Gasteiger partial charge on any atom is -0.341 e. The predicted octanol–water partition coefficient (Wildman–Crippen LogP) is 5.64. The van der Waals surface area contributed by atoms with Gasteiger partial charge in [0.1, 0.15) is 5.82 Å². The summed E-state index contributed by atoms with van der Waals surface area (Å²) in [5, 5.41) is 0. The van der Waals surface area contributed by atoms with Crippen LogP contribution in [0, 0.1) is 0 Å². The highest BCUT2D eigenvalue weighted by Crippen LogP contribution is 2.18. The van der Waals surface area contributed by atoms with E-state index < -0.39 is 0 Å². The van der Waals surface area contributed by atoms with Crippen LogP contribution < -0.4 is 9.80 Å². The van der Waals surface area contributed by atoms with Crippen molar-refractivity contribution in [1.82, 2.24) is 15.0 Å². The van der Waals surface area contributed by atoms with Crippen LogP contribution in [0.25, 0.3) is 0 Å². The minimum atomic E-state index is 0.892. The van der Waals surface area contributed by atoms with Crippen molar-refractivity contribution in [3.05, 3.63) is 5.82 Å². The van der Waals surface area contributed by atoms with Crippen LogP contribution in [0.5, 0.6) is 0 Å². The molecule has 0 unspecified atom stereocenters. The van der Waals surface area contributed by atoms with Gasteiger partial charge in [0.25, 0.3) is 0 Å². The van der Waals surface area contributed by atoms with Gasteiger partial charge in [-0.1, -0.05) is 60.3 Å². The molecule has 0 bridgehead atoms. The van der Waals surface area contributed by atoms with E-state index in [4.69, 9.17) is 15.0 Å². The summed E-state index contributed by atoms with van der Waals surface area (Å²) >= 11 is 0. The van der Waals surface area contributed by atoms with Crippen molar-refractivity contribution < 1.29 is 0 Å². The molecule has 0 aromatic carbocycles. The molecular weight excluding hydrogens is 334 g/mol. The normalized spacial score (nSPS) is 11.0. The average Bonchev–Trinajstić information content (AvgIpc) is 2.68. The van der Waals surface area contributed by atoms with Gasteiger partial charge in [-0.15, -0.1) is 0 Å². The molecule has 0 radical (unpaired) electrons. The van der Waals surface area contributed by atoms with Crippen LogP contribution in [0.2, 0.25) is 0 Å². The number of nitrogens with zero attached hydrogens (tertiary/aromatic N) is 5. The highest BCUT2D eigenvalue weighted by Gasteiger charge is 2.16. The third-order valence-corrected chi connectivity index (χ3v) is 4.82. The zero-order chi connectivity index (χ0) is 19.9. The summed E-state index contributed by atoms with van der Waals surface area (Å²) in [6.45, 7) is 15.3. The molecule has 0 saturated carbocycles. The second kappa shape index (κ2) is 14.6. The molecule has 0 amide bonds. The molecule has 1 aromatic rings. The zero-order valence-corrected chi connectivity index (χ0v) is 18.6. The zero-order valence-electron chi connectivity index (χ0n) is 18.6. The maximum Gasteiger partial charge on any atom is 0.230 e. The Labute approximate surface area is 168 Å². The van der Waals surface area contributed by atoms with Gasteiger partial charge >= 0.3 is 0 Å². The molecule has 0 fully saturated rings. The van der Waals surface area contributed by atoms with Gasteiger partial charge in [0.05, 0.1) is 0 Å². The molecule has 5 heteroatoms. The van der Waals surface area contributed by atoms with Crippen LogP contribution in [0.15, 0.2) is 0 Å². The first-order valence-electron chi connectivity index (χ1n) is 11.4. The highest BCUT2D eigenvalue weighted by molar-refractivity contribution is 5.39. The van der Waals surface area contributed by atoms with Gasteiger partial charge in [0.15, 0.2) is 0 Å². The van der Waals surface area contributed by atoms with Crippen molar-refractivity contribution in [2.75, 3.05) is 36.0 Å². The molecule has 0 aliphatic rings. The van der Waals surface area contributed by atoms with E-state index in [0.29, 0.717) is 0 Å². The van der Waals surface area contributed by atoms with Crippen molar-refractivity contribution in [3.8, 4) is 0 Å². The van der Waals surface area contributed by atoms with Crippen LogP contribution in [0.4, 0.5) is 11.9 Å². The van der Waals surface area contributed by atoms with Crippen LogP contribution in [-0.4, -0.2) is 41.1 Å². The van der Waals surface area contributed by atoms with Gasteiger partial charge in [-0.3, -0.25) is 0 Å². The molecule has 0 spiro atoms. The number of unbranched alkanes of at least 4 members (excludes halogenated alkanes) is 4. The molecule has 0 atom stereocenters. The van der Waals surface area contributed by atoms with Crippen LogP contribution >= 0.6 is 0 Å². The Morgan fingerprint density at radius 3 is 1.19 bits per heavy atom. The Morgan fingerprint density at radius 2 is 0.889 bits per heavy atom. The molecule has 1 aromatic heterocycles. The summed E-state index contributed by atoms with van der Waals surface area (Å²) in [4.78, 5) is 19.4. The van der Waals surface area contributed by atoms with E-state index >= 15 is 0 Å². The largest absolute Gasteiger partial charge is 0.341 e. The maximum absolute atomic E-state index is 4.96. The highest BCUT2D eigenvalue weighted by atomic mass is 15.3. The Balaban J connectivity index is 3.16. The smallest absolute Gasteiger partial charge is 0.230 e. The van der Waals surface area contributed by atoms with E-state index in [1.54, 1.807) is 0 Å². The molecule has 0 aliphatic heterocycles. The quantitative estimate of drug-likeness (QED) is 0.373. The Morgan fingerprint density at radius 1 is 0.519 bits per heavy atom. The van der Waals surface area contributed by atoms with E-state index in [2.05, 4.69) is 44.4 Å². The lowest BCUT2D eigenvalue weighted by Crippen LogP contribution is -2.32.